The van der Waals surface area contributed by atoms with Crippen LogP contribution in [0.15, 0.2) is 30.2 Å². The van der Waals surface area contributed by atoms with Gasteiger partial charge in [-0.1, -0.05) is 96.1 Å². The van der Waals surface area contributed by atoms with Gasteiger partial charge in [0.05, 0.1) is 41.7 Å². The molecular weight excluding hydrogens is 530 g/mol. The van der Waals surface area contributed by atoms with E-state index in [-0.39, 0.29) is 25.2 Å². The summed E-state index contributed by atoms with van der Waals surface area (Å²) in [5, 5.41) is 3.34. The van der Waals surface area contributed by atoms with Crippen molar-refractivity contribution in [2.24, 2.45) is 0 Å². The molecule has 1 aromatic carbocycles. The monoisotopic (exact) mass is 581 g/mol. The van der Waals surface area contributed by atoms with E-state index >= 15 is 0 Å². The van der Waals surface area contributed by atoms with Gasteiger partial charge < -0.3 is 24.3 Å². The Bertz CT molecular complexity index is 860. The van der Waals surface area contributed by atoms with Gasteiger partial charge in [-0.3, -0.25) is 0 Å². The van der Waals surface area contributed by atoms with Gasteiger partial charge in [0.15, 0.2) is 5.88 Å². The van der Waals surface area contributed by atoms with E-state index in [1.54, 1.807) is 32.0 Å². The van der Waals surface area contributed by atoms with Crippen LogP contribution < -0.4 is 5.32 Å². The number of nitrogens with one attached hydrogen (secondary N) is 1. The molecule has 1 atom stereocenters. The molecule has 40 heavy (non-hydrogen) atoms. The first kappa shape index (κ1) is 35.8. The van der Waals surface area contributed by atoms with E-state index in [4.69, 9.17) is 30.5 Å². The smallest absolute Gasteiger partial charge is 0.338 e. The number of hydrogen-bond donors (Lipinski definition) is 1. The molecule has 0 spiro atoms. The van der Waals surface area contributed by atoms with Crippen LogP contribution in [0, 0.1) is 0 Å². The van der Waals surface area contributed by atoms with Crippen LogP contribution in [0.1, 0.15) is 122 Å². The summed E-state index contributed by atoms with van der Waals surface area (Å²) in [5.41, 5.74) is 0.756. The van der Waals surface area contributed by atoms with Crippen LogP contribution in [-0.2, 0) is 23.7 Å². The van der Waals surface area contributed by atoms with E-state index in [9.17, 15) is 9.59 Å². The lowest BCUT2D eigenvalue weighted by Gasteiger charge is -2.18. The predicted octanol–water partition coefficient (Wildman–Crippen LogP) is 8.85. The fourth-order valence-corrected chi connectivity index (χ4v) is 4.33. The number of benzene rings is 1. The third-order valence-electron chi connectivity index (χ3n) is 6.43. The summed E-state index contributed by atoms with van der Waals surface area (Å²) in [6.07, 6.45) is 16.8. The van der Waals surface area contributed by atoms with Gasteiger partial charge in [-0.25, -0.2) is 9.59 Å². The molecule has 1 rings (SSSR count). The van der Waals surface area contributed by atoms with Gasteiger partial charge in [0.2, 0.25) is 0 Å². The Balaban J connectivity index is 2.63. The van der Waals surface area contributed by atoms with Crippen molar-refractivity contribution in [1.82, 2.24) is 0 Å². The van der Waals surface area contributed by atoms with Gasteiger partial charge in [-0.05, 0) is 44.9 Å². The van der Waals surface area contributed by atoms with E-state index in [1.807, 2.05) is 0 Å². The minimum Gasteiger partial charge on any atom is -0.479 e. The zero-order chi connectivity index (χ0) is 29.4. The number of anilines is 1. The summed E-state index contributed by atoms with van der Waals surface area (Å²) in [7, 11) is 0. The quantitative estimate of drug-likeness (QED) is 0.0565. The van der Waals surface area contributed by atoms with Crippen molar-refractivity contribution >= 4 is 29.2 Å². The fraction of sp³-hybridized carbons (Fsp3) is 0.688. The molecule has 228 valence electrons. The summed E-state index contributed by atoms with van der Waals surface area (Å²) >= 11 is 6.34. The lowest BCUT2D eigenvalue weighted by atomic mass is 10.0. The first-order valence-electron chi connectivity index (χ1n) is 15.3. The number of carbonyl (C=O) groups is 2. The molecule has 1 unspecified atom stereocenters. The second-order valence-corrected chi connectivity index (χ2v) is 10.3. The zero-order valence-corrected chi connectivity index (χ0v) is 26.0. The molecule has 0 aliphatic rings. The van der Waals surface area contributed by atoms with Crippen LogP contribution in [0.25, 0.3) is 0 Å². The summed E-state index contributed by atoms with van der Waals surface area (Å²) in [4.78, 5) is 24.8. The highest BCUT2D eigenvalue weighted by molar-refractivity contribution is 6.33. The third kappa shape index (κ3) is 16.8. The van der Waals surface area contributed by atoms with Crippen molar-refractivity contribution in [3.05, 3.63) is 40.7 Å². The number of carbonyl (C=O) groups excluding carboxylic acids is 2. The van der Waals surface area contributed by atoms with Crippen LogP contribution >= 0.6 is 11.6 Å². The van der Waals surface area contributed by atoms with Crippen molar-refractivity contribution in [3.8, 4) is 0 Å². The molecular formula is C32H52ClNO6. The maximum atomic E-state index is 12.9. The maximum absolute atomic E-state index is 12.9. The minimum atomic E-state index is -0.540. The van der Waals surface area contributed by atoms with E-state index in [2.05, 4.69) is 19.2 Å². The Labute approximate surface area is 247 Å². The molecule has 0 heterocycles. The number of hydrogen-bond acceptors (Lipinski definition) is 7. The Morgan fingerprint density at radius 2 is 1.45 bits per heavy atom. The van der Waals surface area contributed by atoms with Gasteiger partial charge >= 0.3 is 11.9 Å². The molecule has 0 fully saturated rings. The molecule has 0 aliphatic heterocycles. The molecule has 0 amide bonds. The highest BCUT2D eigenvalue weighted by Crippen LogP contribution is 2.25. The van der Waals surface area contributed by atoms with Crippen LogP contribution in [0.5, 0.6) is 0 Å². The normalized spacial score (nSPS) is 12.2. The maximum Gasteiger partial charge on any atom is 0.338 e. The van der Waals surface area contributed by atoms with Gasteiger partial charge in [0.25, 0.3) is 0 Å². The summed E-state index contributed by atoms with van der Waals surface area (Å²) in [5.74, 6) is -0.824. The zero-order valence-electron chi connectivity index (χ0n) is 25.2. The van der Waals surface area contributed by atoms with Gasteiger partial charge in [0, 0.05) is 6.61 Å². The lowest BCUT2D eigenvalue weighted by molar-refractivity contribution is -0.137. The van der Waals surface area contributed by atoms with Gasteiger partial charge in [-0.15, -0.1) is 0 Å². The van der Waals surface area contributed by atoms with Crippen molar-refractivity contribution in [3.63, 3.8) is 0 Å². The first-order valence-corrected chi connectivity index (χ1v) is 15.7. The largest absolute Gasteiger partial charge is 0.479 e. The molecule has 8 heteroatoms. The summed E-state index contributed by atoms with van der Waals surface area (Å²) in [6.45, 7) is 9.35. The molecule has 0 saturated carbocycles. The first-order chi connectivity index (χ1) is 19.4. The SMILES string of the molecule is CCCCCCCCCCCCC(COC(=O)c1ccc(Cl)c(N/C(=C/C(=O)OCC)OCC)c1)OCCCC. The number of halogens is 1. The minimum absolute atomic E-state index is 0.119. The van der Waals surface area contributed by atoms with E-state index in [0.29, 0.717) is 29.5 Å². The second kappa shape index (κ2) is 23.5. The molecule has 0 aliphatic carbocycles. The van der Waals surface area contributed by atoms with Crippen molar-refractivity contribution in [2.45, 2.75) is 117 Å². The average Bonchev–Trinajstić information content (AvgIpc) is 2.93. The number of unbranched alkanes of at least 4 members (excludes halogenated alkanes) is 10. The Morgan fingerprint density at radius 1 is 0.825 bits per heavy atom. The summed E-state index contributed by atoms with van der Waals surface area (Å²) in [6, 6.07) is 4.80. The van der Waals surface area contributed by atoms with Crippen LogP contribution in [0.4, 0.5) is 5.69 Å². The predicted molar refractivity (Wildman–Crippen MR) is 163 cm³/mol. The van der Waals surface area contributed by atoms with Crippen LogP contribution in [0.3, 0.4) is 0 Å². The standard InChI is InChI=1S/C32H52ClNO6/c1-5-9-11-12-13-14-15-16-17-18-19-27(39-22-10-6-2)25-40-32(36)26-20-21-28(33)29(23-26)34-30(37-7-3)24-31(35)38-8-4/h20-21,23-24,27,34H,5-19,22,25H2,1-4H3/b30-24-. The summed E-state index contributed by atoms with van der Waals surface area (Å²) < 4.78 is 22.1. The average molecular weight is 582 g/mol. The third-order valence-corrected chi connectivity index (χ3v) is 6.76. The molecule has 0 radical (unpaired) electrons. The Morgan fingerprint density at radius 3 is 2.08 bits per heavy atom. The number of rotatable bonds is 24. The molecule has 0 saturated heterocycles. The topological polar surface area (TPSA) is 83.1 Å². The van der Waals surface area contributed by atoms with Gasteiger partial charge in [-0.2, -0.15) is 0 Å². The number of ether oxygens (including phenoxy) is 4. The van der Waals surface area contributed by atoms with Crippen LogP contribution in [-0.4, -0.2) is 44.5 Å². The molecule has 0 bridgehead atoms. The van der Waals surface area contributed by atoms with Crippen LogP contribution in [0.2, 0.25) is 5.02 Å². The second-order valence-electron chi connectivity index (χ2n) is 9.93. The van der Waals surface area contributed by atoms with Crippen molar-refractivity contribution < 1.29 is 28.5 Å². The Hall–Kier alpha value is -2.25. The van der Waals surface area contributed by atoms with E-state index < -0.39 is 11.9 Å². The lowest BCUT2D eigenvalue weighted by Crippen LogP contribution is -2.23. The highest BCUT2D eigenvalue weighted by atomic mass is 35.5. The highest BCUT2D eigenvalue weighted by Gasteiger charge is 2.16. The van der Waals surface area contributed by atoms with Crippen molar-refractivity contribution in [1.29, 1.82) is 0 Å². The fourth-order valence-electron chi connectivity index (χ4n) is 4.16. The van der Waals surface area contributed by atoms with E-state index in [0.717, 1.165) is 25.7 Å². The Kier molecular flexibility index (Phi) is 21.0. The number of esters is 2. The molecule has 1 N–H and O–H groups in total. The molecule has 1 aromatic rings. The van der Waals surface area contributed by atoms with E-state index in [1.165, 1.54) is 63.9 Å². The molecule has 0 aromatic heterocycles. The van der Waals surface area contributed by atoms with Crippen molar-refractivity contribution in [2.75, 3.05) is 31.7 Å². The molecule has 7 nitrogen and oxygen atoms in total. The van der Waals surface area contributed by atoms with Gasteiger partial charge in [0.1, 0.15) is 6.61 Å².